The number of rotatable bonds is 5. The molecule has 1 aromatic carbocycles. The number of benzene rings is 1. The molecule has 1 aromatic rings. The molecule has 84 valence electrons. The minimum Gasteiger partial charge on any atom is -0.393 e. The molecule has 0 spiro atoms. The Labute approximate surface area is 101 Å². The van der Waals surface area contributed by atoms with Crippen molar-refractivity contribution in [3.8, 4) is 0 Å². The Morgan fingerprint density at radius 2 is 2.07 bits per heavy atom. The standard InChI is InChI=1S/C12H16Cl2O/c1-2-3-6-10(15)8-9-5-4-7-11(13)12(9)14/h4-5,7,10,15H,2-3,6,8H2,1H3. The predicted molar refractivity (Wildman–Crippen MR) is 65.7 cm³/mol. The summed E-state index contributed by atoms with van der Waals surface area (Å²) in [6, 6.07) is 5.52. The van der Waals surface area contributed by atoms with Gasteiger partial charge in [-0.3, -0.25) is 0 Å². The van der Waals surface area contributed by atoms with Gasteiger partial charge in [0.25, 0.3) is 0 Å². The number of aliphatic hydroxyl groups excluding tert-OH is 1. The molecule has 0 bridgehead atoms. The summed E-state index contributed by atoms with van der Waals surface area (Å²) in [5, 5.41) is 10.9. The fourth-order valence-electron chi connectivity index (χ4n) is 1.50. The Bertz CT molecular complexity index is 312. The van der Waals surface area contributed by atoms with Crippen LogP contribution in [0.3, 0.4) is 0 Å². The first-order valence-corrected chi connectivity index (χ1v) is 6.01. The van der Waals surface area contributed by atoms with Crippen molar-refractivity contribution in [3.63, 3.8) is 0 Å². The molecular weight excluding hydrogens is 231 g/mol. The molecule has 1 nitrogen and oxygen atoms in total. The van der Waals surface area contributed by atoms with E-state index in [9.17, 15) is 5.11 Å². The summed E-state index contributed by atoms with van der Waals surface area (Å²) in [6.07, 6.45) is 3.22. The third-order valence-corrected chi connectivity index (χ3v) is 3.24. The molecule has 0 saturated carbocycles. The molecule has 0 fully saturated rings. The summed E-state index contributed by atoms with van der Waals surface area (Å²) in [4.78, 5) is 0. The topological polar surface area (TPSA) is 20.2 Å². The highest BCUT2D eigenvalue weighted by Crippen LogP contribution is 2.26. The maximum Gasteiger partial charge on any atom is 0.0625 e. The van der Waals surface area contributed by atoms with Gasteiger partial charge in [-0.2, -0.15) is 0 Å². The first-order valence-electron chi connectivity index (χ1n) is 5.26. The lowest BCUT2D eigenvalue weighted by Crippen LogP contribution is -2.10. The van der Waals surface area contributed by atoms with Gasteiger partial charge >= 0.3 is 0 Å². The fraction of sp³-hybridized carbons (Fsp3) is 0.500. The first kappa shape index (κ1) is 12.8. The highest BCUT2D eigenvalue weighted by molar-refractivity contribution is 6.42. The Kier molecular flexibility index (Phi) is 5.44. The Morgan fingerprint density at radius 3 is 2.73 bits per heavy atom. The van der Waals surface area contributed by atoms with Crippen molar-refractivity contribution in [1.82, 2.24) is 0 Å². The van der Waals surface area contributed by atoms with E-state index in [1.165, 1.54) is 0 Å². The highest BCUT2D eigenvalue weighted by Gasteiger charge is 2.09. The molecule has 0 aliphatic rings. The van der Waals surface area contributed by atoms with Crippen LogP contribution in [0.15, 0.2) is 18.2 Å². The van der Waals surface area contributed by atoms with Crippen molar-refractivity contribution < 1.29 is 5.11 Å². The van der Waals surface area contributed by atoms with Gasteiger partial charge in [-0.25, -0.2) is 0 Å². The van der Waals surface area contributed by atoms with Crippen molar-refractivity contribution in [3.05, 3.63) is 33.8 Å². The third kappa shape index (κ3) is 4.02. The summed E-state index contributed by atoms with van der Waals surface area (Å²) < 4.78 is 0. The van der Waals surface area contributed by atoms with Crippen LogP contribution < -0.4 is 0 Å². The van der Waals surface area contributed by atoms with Crippen molar-refractivity contribution in [2.75, 3.05) is 0 Å². The largest absolute Gasteiger partial charge is 0.393 e. The van der Waals surface area contributed by atoms with Crippen molar-refractivity contribution in [1.29, 1.82) is 0 Å². The van der Waals surface area contributed by atoms with Gasteiger partial charge < -0.3 is 5.11 Å². The van der Waals surface area contributed by atoms with E-state index in [2.05, 4.69) is 6.92 Å². The normalized spacial score (nSPS) is 12.8. The molecule has 1 N–H and O–H groups in total. The van der Waals surface area contributed by atoms with E-state index in [4.69, 9.17) is 23.2 Å². The Balaban J connectivity index is 2.60. The average molecular weight is 247 g/mol. The highest BCUT2D eigenvalue weighted by atomic mass is 35.5. The molecule has 15 heavy (non-hydrogen) atoms. The van der Waals surface area contributed by atoms with Crippen LogP contribution >= 0.6 is 23.2 Å². The van der Waals surface area contributed by atoms with Crippen LogP contribution in [0.25, 0.3) is 0 Å². The van der Waals surface area contributed by atoms with Gasteiger partial charge in [-0.05, 0) is 24.5 Å². The minimum atomic E-state index is -0.319. The first-order chi connectivity index (χ1) is 7.15. The zero-order chi connectivity index (χ0) is 11.3. The molecule has 1 unspecified atom stereocenters. The molecular formula is C12H16Cl2O. The molecule has 0 aliphatic carbocycles. The predicted octanol–water partition coefficient (Wildman–Crippen LogP) is 4.09. The molecule has 1 atom stereocenters. The maximum absolute atomic E-state index is 9.75. The van der Waals surface area contributed by atoms with Gasteiger partial charge in [0.15, 0.2) is 0 Å². The van der Waals surface area contributed by atoms with E-state index in [1.807, 2.05) is 12.1 Å². The molecule has 0 saturated heterocycles. The van der Waals surface area contributed by atoms with E-state index in [1.54, 1.807) is 6.07 Å². The lowest BCUT2D eigenvalue weighted by atomic mass is 10.0. The Morgan fingerprint density at radius 1 is 1.33 bits per heavy atom. The minimum absolute atomic E-state index is 0.319. The van der Waals surface area contributed by atoms with Crippen LogP contribution in [0.2, 0.25) is 10.0 Å². The van der Waals surface area contributed by atoms with Crippen LogP contribution in [0.1, 0.15) is 31.7 Å². The second-order valence-corrected chi connectivity index (χ2v) is 4.50. The van der Waals surface area contributed by atoms with Crippen LogP contribution in [0.5, 0.6) is 0 Å². The molecule has 3 heteroatoms. The van der Waals surface area contributed by atoms with Crippen molar-refractivity contribution >= 4 is 23.2 Å². The molecule has 1 rings (SSSR count). The van der Waals surface area contributed by atoms with Gasteiger partial charge in [-0.15, -0.1) is 0 Å². The lowest BCUT2D eigenvalue weighted by Gasteiger charge is -2.11. The molecule has 0 aliphatic heterocycles. The van der Waals surface area contributed by atoms with E-state index in [0.29, 0.717) is 16.5 Å². The third-order valence-electron chi connectivity index (χ3n) is 2.38. The summed E-state index contributed by atoms with van der Waals surface area (Å²) in [6.45, 7) is 2.11. The second kappa shape index (κ2) is 6.37. The summed E-state index contributed by atoms with van der Waals surface area (Å²) in [5.74, 6) is 0. The number of aliphatic hydroxyl groups is 1. The SMILES string of the molecule is CCCCC(O)Cc1cccc(Cl)c1Cl. The van der Waals surface area contributed by atoms with E-state index in [-0.39, 0.29) is 6.10 Å². The van der Waals surface area contributed by atoms with Gasteiger partial charge in [0.2, 0.25) is 0 Å². The summed E-state index contributed by atoms with van der Waals surface area (Å²) in [7, 11) is 0. The monoisotopic (exact) mass is 246 g/mol. The summed E-state index contributed by atoms with van der Waals surface area (Å²) in [5.41, 5.74) is 0.924. The zero-order valence-electron chi connectivity index (χ0n) is 8.84. The van der Waals surface area contributed by atoms with E-state index < -0.39 is 0 Å². The van der Waals surface area contributed by atoms with Crippen molar-refractivity contribution in [2.24, 2.45) is 0 Å². The zero-order valence-corrected chi connectivity index (χ0v) is 10.4. The van der Waals surface area contributed by atoms with Crippen LogP contribution in [0.4, 0.5) is 0 Å². The van der Waals surface area contributed by atoms with Gasteiger partial charge in [0, 0.05) is 0 Å². The smallest absolute Gasteiger partial charge is 0.0625 e. The number of halogens is 2. The average Bonchev–Trinajstić information content (AvgIpc) is 2.22. The number of hydrogen-bond acceptors (Lipinski definition) is 1. The second-order valence-electron chi connectivity index (χ2n) is 3.71. The van der Waals surface area contributed by atoms with Gasteiger partial charge in [0.05, 0.1) is 16.1 Å². The van der Waals surface area contributed by atoms with Crippen LogP contribution in [-0.2, 0) is 6.42 Å². The van der Waals surface area contributed by atoms with Crippen molar-refractivity contribution in [2.45, 2.75) is 38.7 Å². The van der Waals surface area contributed by atoms with Gasteiger partial charge in [0.1, 0.15) is 0 Å². The maximum atomic E-state index is 9.75. The number of hydrogen-bond donors (Lipinski definition) is 1. The Hall–Kier alpha value is -0.240. The lowest BCUT2D eigenvalue weighted by molar-refractivity contribution is 0.162. The molecule has 0 amide bonds. The van der Waals surface area contributed by atoms with Crippen LogP contribution in [0, 0.1) is 0 Å². The molecule has 0 heterocycles. The van der Waals surface area contributed by atoms with E-state index >= 15 is 0 Å². The van der Waals surface area contributed by atoms with E-state index in [0.717, 1.165) is 24.8 Å². The molecule has 0 aromatic heterocycles. The molecule has 0 radical (unpaired) electrons. The van der Waals surface area contributed by atoms with Crippen LogP contribution in [-0.4, -0.2) is 11.2 Å². The number of unbranched alkanes of at least 4 members (excludes halogenated alkanes) is 1. The quantitative estimate of drug-likeness (QED) is 0.830. The fourth-order valence-corrected chi connectivity index (χ4v) is 1.90. The van der Waals surface area contributed by atoms with Gasteiger partial charge in [-0.1, -0.05) is 55.1 Å². The summed E-state index contributed by atoms with van der Waals surface area (Å²) >= 11 is 11.9.